The minimum Gasteiger partial charge on any atom is -0.384 e. The summed E-state index contributed by atoms with van der Waals surface area (Å²) >= 11 is 0. The summed E-state index contributed by atoms with van der Waals surface area (Å²) in [6.45, 7) is 0. The average Bonchev–Trinajstić information content (AvgIpc) is 2.02. The van der Waals surface area contributed by atoms with E-state index in [1.54, 1.807) is 0 Å². The van der Waals surface area contributed by atoms with Gasteiger partial charge >= 0.3 is 0 Å². The molecule has 13 heavy (non-hydrogen) atoms. The van der Waals surface area contributed by atoms with Crippen molar-refractivity contribution in [3.63, 3.8) is 0 Å². The van der Waals surface area contributed by atoms with Crippen LogP contribution in [0.4, 0.5) is 0 Å². The van der Waals surface area contributed by atoms with Crippen LogP contribution >= 0.6 is 0 Å². The van der Waals surface area contributed by atoms with Crippen LogP contribution in [0.15, 0.2) is 29.4 Å². The highest BCUT2D eigenvalue weighted by Gasteiger charge is 2.01. The van der Waals surface area contributed by atoms with E-state index in [0.717, 1.165) is 5.41 Å². The van der Waals surface area contributed by atoms with E-state index >= 15 is 0 Å². The normalized spacial score (nSPS) is 27.3. The molecule has 1 aliphatic heterocycles. The molecule has 68 valence electrons. The van der Waals surface area contributed by atoms with Gasteiger partial charge in [-0.3, -0.25) is 0 Å². The molecule has 0 aromatic rings. The summed E-state index contributed by atoms with van der Waals surface area (Å²) in [4.78, 5) is 0. The summed E-state index contributed by atoms with van der Waals surface area (Å²) < 4.78 is 22.1. The van der Waals surface area contributed by atoms with Gasteiger partial charge in [0.05, 0.1) is 11.5 Å². The third-order valence-corrected chi connectivity index (χ3v) is 2.31. The zero-order valence-corrected chi connectivity index (χ0v) is 7.58. The van der Waals surface area contributed by atoms with Crippen LogP contribution in [0.5, 0.6) is 0 Å². The third kappa shape index (κ3) is 3.77. The molecule has 1 atom stereocenters. The van der Waals surface area contributed by atoms with Crippen LogP contribution in [0.1, 0.15) is 0 Å². The quantitative estimate of drug-likeness (QED) is 0.438. The second kappa shape index (κ2) is 4.11. The van der Waals surface area contributed by atoms with E-state index in [9.17, 15) is 8.42 Å². The van der Waals surface area contributed by atoms with Gasteiger partial charge in [-0.1, -0.05) is 11.8 Å². The first-order valence-corrected chi connectivity index (χ1v) is 5.30. The largest absolute Gasteiger partial charge is 0.384 e. The Morgan fingerprint density at radius 2 is 2.23 bits per heavy atom. The van der Waals surface area contributed by atoms with Gasteiger partial charge in [-0.05, 0) is 18.2 Å². The highest BCUT2D eigenvalue weighted by Crippen LogP contribution is 1.93. The van der Waals surface area contributed by atoms with Gasteiger partial charge in [0.1, 0.15) is 5.75 Å². The number of aliphatic hydroxyl groups is 1. The van der Waals surface area contributed by atoms with E-state index in [-0.39, 0.29) is 5.75 Å². The highest BCUT2D eigenvalue weighted by atomic mass is 32.2. The van der Waals surface area contributed by atoms with Crippen LogP contribution < -0.4 is 0 Å². The molecule has 0 aromatic heterocycles. The standard InChI is InChI=1S/C9H8O3S/c10-9-5-2-1-3-7-13(11,12)8-4-6-9/h2,5-6,8-10H,7H2/b5-2+. The van der Waals surface area contributed by atoms with Crippen LogP contribution in [0.25, 0.3) is 0 Å². The van der Waals surface area contributed by atoms with E-state index < -0.39 is 15.9 Å². The molecular weight excluding hydrogens is 188 g/mol. The number of allylic oxidation sites excluding steroid dienone is 1. The predicted octanol–water partition coefficient (Wildman–Crippen LogP) is 0.00410. The van der Waals surface area contributed by atoms with Crippen molar-refractivity contribution in [2.24, 2.45) is 0 Å². The van der Waals surface area contributed by atoms with Crippen molar-refractivity contribution >= 4 is 9.84 Å². The minimum atomic E-state index is -3.29. The van der Waals surface area contributed by atoms with Gasteiger partial charge in [0.25, 0.3) is 0 Å². The van der Waals surface area contributed by atoms with E-state index in [2.05, 4.69) is 17.6 Å². The summed E-state index contributed by atoms with van der Waals surface area (Å²) in [6.07, 6.45) is 3.29. The second-order valence-electron chi connectivity index (χ2n) is 2.43. The average molecular weight is 196 g/mol. The Hall–Kier alpha value is -1.27. The number of aliphatic hydroxyl groups excluding tert-OH is 1. The van der Waals surface area contributed by atoms with Gasteiger partial charge in [0.15, 0.2) is 9.84 Å². The Kier molecular flexibility index (Phi) is 3.10. The molecule has 0 fully saturated rings. The lowest BCUT2D eigenvalue weighted by atomic mass is 10.3. The Morgan fingerprint density at radius 3 is 3.00 bits per heavy atom. The maximum absolute atomic E-state index is 11.0. The molecule has 0 aromatic carbocycles. The molecule has 0 spiro atoms. The third-order valence-electron chi connectivity index (χ3n) is 1.27. The molecule has 0 aliphatic carbocycles. The molecule has 1 aliphatic rings. The van der Waals surface area contributed by atoms with Crippen molar-refractivity contribution in [1.29, 1.82) is 0 Å². The zero-order chi connectivity index (χ0) is 9.73. The molecule has 4 heteroatoms. The molecule has 0 amide bonds. The maximum atomic E-state index is 11.0. The SMILES string of the molecule is O=S1(=O)C=C=CC(O)/C=C/C#CC1. The predicted molar refractivity (Wildman–Crippen MR) is 49.4 cm³/mol. The molecule has 0 bridgehead atoms. The summed E-state index contributed by atoms with van der Waals surface area (Å²) in [6, 6.07) is 0. The Balaban J connectivity index is 3.06. The van der Waals surface area contributed by atoms with Crippen molar-refractivity contribution in [2.75, 3.05) is 5.75 Å². The number of rotatable bonds is 0. The van der Waals surface area contributed by atoms with E-state index in [4.69, 9.17) is 5.11 Å². The monoisotopic (exact) mass is 196 g/mol. The lowest BCUT2D eigenvalue weighted by Crippen LogP contribution is -2.00. The minimum absolute atomic E-state index is 0.214. The molecule has 1 rings (SSSR count). The van der Waals surface area contributed by atoms with Crippen molar-refractivity contribution in [3.05, 3.63) is 29.4 Å². The van der Waals surface area contributed by atoms with Crippen LogP contribution in [-0.4, -0.2) is 25.4 Å². The fourth-order valence-corrected chi connectivity index (χ4v) is 1.34. The molecule has 0 saturated heterocycles. The smallest absolute Gasteiger partial charge is 0.190 e. The van der Waals surface area contributed by atoms with Gasteiger partial charge in [-0.15, -0.1) is 5.73 Å². The van der Waals surface area contributed by atoms with E-state index in [0.29, 0.717) is 0 Å². The van der Waals surface area contributed by atoms with E-state index in [1.165, 1.54) is 18.2 Å². The highest BCUT2D eigenvalue weighted by molar-refractivity contribution is 7.94. The summed E-state index contributed by atoms with van der Waals surface area (Å²) in [5, 5.41) is 10.0. The first-order chi connectivity index (χ1) is 6.10. The summed E-state index contributed by atoms with van der Waals surface area (Å²) in [5.41, 5.74) is 2.39. The Labute approximate surface area is 77.0 Å². The lowest BCUT2D eigenvalue weighted by Gasteiger charge is -1.93. The van der Waals surface area contributed by atoms with Gasteiger partial charge in [-0.2, -0.15) is 0 Å². The van der Waals surface area contributed by atoms with Crippen molar-refractivity contribution < 1.29 is 13.5 Å². The number of sulfone groups is 1. The van der Waals surface area contributed by atoms with Crippen molar-refractivity contribution in [3.8, 4) is 11.8 Å². The Morgan fingerprint density at radius 1 is 1.46 bits per heavy atom. The van der Waals surface area contributed by atoms with Gasteiger partial charge < -0.3 is 5.11 Å². The van der Waals surface area contributed by atoms with Crippen LogP contribution in [0.3, 0.4) is 0 Å². The van der Waals surface area contributed by atoms with Crippen LogP contribution in [0.2, 0.25) is 0 Å². The van der Waals surface area contributed by atoms with Crippen molar-refractivity contribution in [2.45, 2.75) is 6.10 Å². The Bertz CT molecular complexity index is 425. The fraction of sp³-hybridized carbons (Fsp3) is 0.222. The molecule has 0 radical (unpaired) electrons. The maximum Gasteiger partial charge on any atom is 0.190 e. The van der Waals surface area contributed by atoms with E-state index in [1.807, 2.05) is 0 Å². The summed E-state index contributed by atoms with van der Waals surface area (Å²) in [7, 11) is -3.29. The molecular formula is C9H8O3S. The van der Waals surface area contributed by atoms with Gasteiger partial charge in [0, 0.05) is 0 Å². The lowest BCUT2D eigenvalue weighted by molar-refractivity contribution is 0.272. The molecule has 1 N–H and O–H groups in total. The van der Waals surface area contributed by atoms with Gasteiger partial charge in [-0.25, -0.2) is 8.42 Å². The van der Waals surface area contributed by atoms with Crippen LogP contribution in [0, 0.1) is 11.8 Å². The second-order valence-corrected chi connectivity index (χ2v) is 4.28. The summed E-state index contributed by atoms with van der Waals surface area (Å²) in [5.74, 6) is 4.73. The number of hydrogen-bond acceptors (Lipinski definition) is 3. The first kappa shape index (κ1) is 9.82. The fourth-order valence-electron chi connectivity index (χ4n) is 0.687. The molecule has 3 nitrogen and oxygen atoms in total. The van der Waals surface area contributed by atoms with Gasteiger partial charge in [0.2, 0.25) is 0 Å². The molecule has 1 heterocycles. The topological polar surface area (TPSA) is 54.4 Å². The molecule has 0 saturated carbocycles. The first-order valence-electron chi connectivity index (χ1n) is 3.59. The van der Waals surface area contributed by atoms with Crippen LogP contribution in [-0.2, 0) is 9.84 Å². The number of hydrogen-bond donors (Lipinski definition) is 1. The van der Waals surface area contributed by atoms with Crippen molar-refractivity contribution in [1.82, 2.24) is 0 Å². The molecule has 1 unspecified atom stereocenters. The zero-order valence-electron chi connectivity index (χ0n) is 6.77.